The summed E-state index contributed by atoms with van der Waals surface area (Å²) in [6.07, 6.45) is 3.61. The van der Waals surface area contributed by atoms with E-state index in [4.69, 9.17) is 4.42 Å². The van der Waals surface area contributed by atoms with Crippen LogP contribution < -0.4 is 11.1 Å². The molecule has 2 aromatic carbocycles. The quantitative estimate of drug-likeness (QED) is 0.429. The van der Waals surface area contributed by atoms with Gasteiger partial charge in [-0.1, -0.05) is 31.2 Å². The number of benzene rings is 2. The standard InChI is InChI=1S/C28H33N5O3/c1-3-12-33-24-10-9-23(16-25(24)36-28(33)35)30-26(34)19-32-14-13-31(2)17-20(18-32)15-22-7-4-6-21-8-5-11-29-27(21)22/h4-11,16,20H,3,12-15,17-19H2,1-2H3,(H,30,34)/t20-/m0/s1. The first-order valence-corrected chi connectivity index (χ1v) is 12.7. The van der Waals surface area contributed by atoms with Gasteiger partial charge in [0, 0.05) is 56.1 Å². The second-order valence-electron chi connectivity index (χ2n) is 9.81. The molecule has 1 fully saturated rings. The molecule has 1 aliphatic heterocycles. The smallest absolute Gasteiger partial charge is 0.408 e. The molecule has 0 bridgehead atoms. The van der Waals surface area contributed by atoms with Crippen LogP contribution in [0.4, 0.5) is 5.69 Å². The van der Waals surface area contributed by atoms with E-state index in [0.717, 1.165) is 55.4 Å². The van der Waals surface area contributed by atoms with Crippen LogP contribution in [0.1, 0.15) is 18.9 Å². The molecule has 1 N–H and O–H groups in total. The number of fused-ring (bicyclic) bond motifs is 2. The molecule has 1 saturated heterocycles. The summed E-state index contributed by atoms with van der Waals surface area (Å²) in [7, 11) is 2.14. The van der Waals surface area contributed by atoms with E-state index in [-0.39, 0.29) is 11.7 Å². The van der Waals surface area contributed by atoms with E-state index in [1.165, 1.54) is 5.56 Å². The zero-order chi connectivity index (χ0) is 25.1. The number of carbonyl (C=O) groups is 1. The predicted molar refractivity (Wildman–Crippen MR) is 142 cm³/mol. The van der Waals surface area contributed by atoms with Crippen LogP contribution >= 0.6 is 0 Å². The second kappa shape index (κ2) is 10.6. The summed E-state index contributed by atoms with van der Waals surface area (Å²) in [5.74, 6) is -0.0434. The molecule has 0 unspecified atom stereocenters. The Labute approximate surface area is 210 Å². The maximum Gasteiger partial charge on any atom is 0.419 e. The third kappa shape index (κ3) is 5.34. The predicted octanol–water partition coefficient (Wildman–Crippen LogP) is 3.60. The van der Waals surface area contributed by atoms with Crippen molar-refractivity contribution in [2.24, 2.45) is 5.92 Å². The number of hydrogen-bond acceptors (Lipinski definition) is 6. The van der Waals surface area contributed by atoms with Crippen LogP contribution in [0.15, 0.2) is 63.9 Å². The summed E-state index contributed by atoms with van der Waals surface area (Å²) in [6, 6.07) is 15.8. The zero-order valence-electron chi connectivity index (χ0n) is 20.9. The highest BCUT2D eigenvalue weighted by atomic mass is 16.4. The SMILES string of the molecule is CCCn1c(=O)oc2cc(NC(=O)CN3CCN(C)C[C@H](Cc4cccc5cccnc45)C3)ccc21. The molecule has 1 amide bonds. The lowest BCUT2D eigenvalue weighted by Crippen LogP contribution is -2.37. The second-order valence-corrected chi connectivity index (χ2v) is 9.81. The minimum atomic E-state index is -0.364. The molecule has 8 heteroatoms. The normalized spacial score (nSPS) is 17.4. The van der Waals surface area contributed by atoms with E-state index >= 15 is 0 Å². The number of oxazole rings is 1. The molecule has 188 valence electrons. The average Bonchev–Trinajstić information content (AvgIpc) is 3.05. The topological polar surface area (TPSA) is 83.6 Å². The van der Waals surface area contributed by atoms with Gasteiger partial charge in [0.2, 0.25) is 5.91 Å². The Hall–Kier alpha value is -3.49. The summed E-state index contributed by atoms with van der Waals surface area (Å²) in [5.41, 5.74) is 4.19. The first-order valence-electron chi connectivity index (χ1n) is 12.7. The fraction of sp³-hybridized carbons (Fsp3) is 0.393. The van der Waals surface area contributed by atoms with Crippen molar-refractivity contribution < 1.29 is 9.21 Å². The van der Waals surface area contributed by atoms with Gasteiger partial charge in [0.15, 0.2) is 5.58 Å². The zero-order valence-corrected chi connectivity index (χ0v) is 20.9. The number of amides is 1. The Balaban J connectivity index is 1.26. The minimum Gasteiger partial charge on any atom is -0.408 e. The van der Waals surface area contributed by atoms with Crippen molar-refractivity contribution in [3.63, 3.8) is 0 Å². The summed E-state index contributed by atoms with van der Waals surface area (Å²) >= 11 is 0. The van der Waals surface area contributed by atoms with Crippen LogP contribution in [0, 0.1) is 5.92 Å². The van der Waals surface area contributed by atoms with Crippen molar-refractivity contribution in [3.8, 4) is 0 Å². The first-order chi connectivity index (χ1) is 17.5. The molecular formula is C28H33N5O3. The van der Waals surface area contributed by atoms with Crippen LogP contribution in [0.2, 0.25) is 0 Å². The molecule has 5 rings (SSSR count). The maximum atomic E-state index is 13.0. The summed E-state index contributed by atoms with van der Waals surface area (Å²) in [5, 5.41) is 4.15. The number of aromatic nitrogens is 2. The third-order valence-electron chi connectivity index (χ3n) is 6.88. The van der Waals surface area contributed by atoms with Crippen molar-refractivity contribution in [1.82, 2.24) is 19.4 Å². The van der Waals surface area contributed by atoms with Gasteiger partial charge in [-0.3, -0.25) is 19.2 Å². The Morgan fingerprint density at radius 2 is 2.00 bits per heavy atom. The average molecular weight is 488 g/mol. The number of aryl methyl sites for hydroxylation is 1. The van der Waals surface area contributed by atoms with Gasteiger partial charge in [-0.05, 0) is 49.6 Å². The van der Waals surface area contributed by atoms with Crippen LogP contribution in [-0.2, 0) is 17.8 Å². The van der Waals surface area contributed by atoms with E-state index in [9.17, 15) is 9.59 Å². The molecule has 0 spiro atoms. The maximum absolute atomic E-state index is 13.0. The lowest BCUT2D eigenvalue weighted by Gasteiger charge is -2.24. The number of nitrogens with one attached hydrogen (secondary N) is 1. The van der Waals surface area contributed by atoms with Gasteiger partial charge in [0.25, 0.3) is 0 Å². The fourth-order valence-corrected chi connectivity index (χ4v) is 5.26. The van der Waals surface area contributed by atoms with Crippen LogP contribution in [0.5, 0.6) is 0 Å². The van der Waals surface area contributed by atoms with Crippen molar-refractivity contribution in [2.75, 3.05) is 45.1 Å². The van der Waals surface area contributed by atoms with Gasteiger partial charge in [0.05, 0.1) is 17.6 Å². The van der Waals surface area contributed by atoms with Crippen LogP contribution in [0.25, 0.3) is 22.0 Å². The van der Waals surface area contributed by atoms with E-state index in [0.29, 0.717) is 30.3 Å². The number of anilines is 1. The molecule has 0 saturated carbocycles. The van der Waals surface area contributed by atoms with Gasteiger partial charge >= 0.3 is 5.76 Å². The minimum absolute atomic E-state index is 0.0696. The lowest BCUT2D eigenvalue weighted by atomic mass is 9.96. The largest absolute Gasteiger partial charge is 0.419 e. The molecule has 3 heterocycles. The number of pyridine rings is 1. The van der Waals surface area contributed by atoms with Gasteiger partial charge in [-0.25, -0.2) is 4.79 Å². The molecule has 0 radical (unpaired) electrons. The highest BCUT2D eigenvalue weighted by Gasteiger charge is 2.23. The van der Waals surface area contributed by atoms with Crippen LogP contribution in [0.3, 0.4) is 0 Å². The molecule has 1 aliphatic rings. The highest BCUT2D eigenvalue weighted by molar-refractivity contribution is 5.94. The lowest BCUT2D eigenvalue weighted by molar-refractivity contribution is -0.117. The van der Waals surface area contributed by atoms with Crippen molar-refractivity contribution in [2.45, 2.75) is 26.3 Å². The Morgan fingerprint density at radius 3 is 2.86 bits per heavy atom. The number of rotatable bonds is 7. The van der Waals surface area contributed by atoms with Gasteiger partial charge in [-0.15, -0.1) is 0 Å². The van der Waals surface area contributed by atoms with Gasteiger partial charge in [-0.2, -0.15) is 0 Å². The fourth-order valence-electron chi connectivity index (χ4n) is 5.26. The number of carbonyl (C=O) groups excluding carboxylic acids is 1. The monoisotopic (exact) mass is 487 g/mol. The number of nitrogens with zero attached hydrogens (tertiary/aromatic N) is 4. The van der Waals surface area contributed by atoms with Crippen molar-refractivity contribution >= 4 is 33.6 Å². The van der Waals surface area contributed by atoms with Gasteiger partial charge < -0.3 is 14.6 Å². The Bertz CT molecular complexity index is 1420. The van der Waals surface area contributed by atoms with Crippen LogP contribution in [-0.4, -0.2) is 65.0 Å². The Kier molecular flexibility index (Phi) is 7.16. The molecule has 36 heavy (non-hydrogen) atoms. The third-order valence-corrected chi connectivity index (χ3v) is 6.88. The molecule has 0 aliphatic carbocycles. The van der Waals surface area contributed by atoms with Gasteiger partial charge in [0.1, 0.15) is 0 Å². The molecule has 4 aromatic rings. The van der Waals surface area contributed by atoms with E-state index in [1.54, 1.807) is 10.6 Å². The molecule has 8 nitrogen and oxygen atoms in total. The summed E-state index contributed by atoms with van der Waals surface area (Å²) in [6.45, 7) is 6.51. The first kappa shape index (κ1) is 24.2. The number of hydrogen-bond donors (Lipinski definition) is 1. The molecule has 1 atom stereocenters. The molecule has 2 aromatic heterocycles. The van der Waals surface area contributed by atoms with E-state index in [2.05, 4.69) is 51.4 Å². The van der Waals surface area contributed by atoms with E-state index in [1.807, 2.05) is 31.3 Å². The van der Waals surface area contributed by atoms with Crippen molar-refractivity contribution in [3.05, 3.63) is 70.8 Å². The summed E-state index contributed by atoms with van der Waals surface area (Å²) < 4.78 is 7.01. The Morgan fingerprint density at radius 1 is 1.14 bits per heavy atom. The number of para-hydroxylation sites is 1. The van der Waals surface area contributed by atoms with Crippen molar-refractivity contribution in [1.29, 1.82) is 0 Å². The highest BCUT2D eigenvalue weighted by Crippen LogP contribution is 2.22. The summed E-state index contributed by atoms with van der Waals surface area (Å²) in [4.78, 5) is 34.3. The number of likely N-dealkylation sites (N-methyl/N-ethyl adjacent to an activating group) is 1. The molecular weight excluding hydrogens is 454 g/mol. The van der Waals surface area contributed by atoms with E-state index < -0.39 is 0 Å².